The normalized spacial score (nSPS) is 46.4. The third-order valence-electron chi connectivity index (χ3n) is 4.28. The largest absolute Gasteiger partial charge is 0.376 e. The molecule has 0 spiro atoms. The van der Waals surface area contributed by atoms with Gasteiger partial charge in [0.15, 0.2) is 0 Å². The van der Waals surface area contributed by atoms with Crippen molar-refractivity contribution >= 4 is 0 Å². The highest BCUT2D eigenvalue weighted by atomic mass is 16.5. The van der Waals surface area contributed by atoms with Crippen LogP contribution in [-0.2, 0) is 4.74 Å². The molecule has 1 heterocycles. The molecule has 3 fully saturated rings. The van der Waals surface area contributed by atoms with Gasteiger partial charge in [0.2, 0.25) is 0 Å². The molecule has 2 saturated carbocycles. The molecule has 1 aliphatic heterocycles. The standard InChI is InChI=1S/C11H19NO/c12-11(9-2-1-3-9)6-7-13-10(11)8-4-5-8/h8-10H,1-7,12H2. The predicted octanol–water partition coefficient (Wildman–Crippen LogP) is 1.68. The van der Waals surface area contributed by atoms with Gasteiger partial charge < -0.3 is 10.5 Å². The number of rotatable bonds is 2. The Labute approximate surface area is 79.8 Å². The van der Waals surface area contributed by atoms with E-state index in [0.717, 1.165) is 24.9 Å². The molecular weight excluding hydrogens is 162 g/mol. The summed E-state index contributed by atoms with van der Waals surface area (Å²) in [5, 5.41) is 0. The Morgan fingerprint density at radius 1 is 1.15 bits per heavy atom. The van der Waals surface area contributed by atoms with E-state index in [-0.39, 0.29) is 5.54 Å². The SMILES string of the molecule is NC1(C2CCC2)CCOC1C1CC1. The van der Waals surface area contributed by atoms with E-state index in [9.17, 15) is 0 Å². The van der Waals surface area contributed by atoms with Crippen LogP contribution in [0.4, 0.5) is 0 Å². The van der Waals surface area contributed by atoms with Gasteiger partial charge in [0.25, 0.3) is 0 Å². The maximum Gasteiger partial charge on any atom is 0.0786 e. The molecule has 0 aromatic heterocycles. The molecule has 2 N–H and O–H groups in total. The average Bonchev–Trinajstić information content (AvgIpc) is 2.73. The Morgan fingerprint density at radius 3 is 2.46 bits per heavy atom. The van der Waals surface area contributed by atoms with Gasteiger partial charge in [-0.25, -0.2) is 0 Å². The average molecular weight is 181 g/mol. The Morgan fingerprint density at radius 2 is 1.92 bits per heavy atom. The predicted molar refractivity (Wildman–Crippen MR) is 51.3 cm³/mol. The number of ether oxygens (including phenoxy) is 1. The molecule has 0 amide bonds. The molecule has 2 heteroatoms. The van der Waals surface area contributed by atoms with Crippen LogP contribution in [0.25, 0.3) is 0 Å². The first-order valence-corrected chi connectivity index (χ1v) is 5.71. The fourth-order valence-electron chi connectivity index (χ4n) is 3.02. The summed E-state index contributed by atoms with van der Waals surface area (Å²) >= 11 is 0. The summed E-state index contributed by atoms with van der Waals surface area (Å²) in [6.07, 6.45) is 8.33. The highest BCUT2D eigenvalue weighted by Gasteiger charge is 2.53. The van der Waals surface area contributed by atoms with Crippen molar-refractivity contribution < 1.29 is 4.74 Å². The van der Waals surface area contributed by atoms with Crippen molar-refractivity contribution in [3.63, 3.8) is 0 Å². The lowest BCUT2D eigenvalue weighted by molar-refractivity contribution is 0.0255. The quantitative estimate of drug-likeness (QED) is 0.703. The Bertz CT molecular complexity index is 210. The first-order valence-electron chi connectivity index (χ1n) is 5.71. The second-order valence-electron chi connectivity index (χ2n) is 5.12. The highest BCUT2D eigenvalue weighted by Crippen LogP contribution is 2.49. The van der Waals surface area contributed by atoms with Crippen LogP contribution in [0.2, 0.25) is 0 Å². The molecule has 3 aliphatic rings. The second-order valence-corrected chi connectivity index (χ2v) is 5.12. The summed E-state index contributed by atoms with van der Waals surface area (Å²) in [7, 11) is 0. The van der Waals surface area contributed by atoms with E-state index in [0.29, 0.717) is 6.10 Å². The van der Waals surface area contributed by atoms with Crippen LogP contribution >= 0.6 is 0 Å². The third kappa shape index (κ3) is 1.15. The molecule has 0 radical (unpaired) electrons. The van der Waals surface area contributed by atoms with Gasteiger partial charge in [-0.1, -0.05) is 6.42 Å². The van der Waals surface area contributed by atoms with Crippen molar-refractivity contribution in [2.24, 2.45) is 17.6 Å². The number of nitrogens with two attached hydrogens (primary N) is 1. The molecule has 0 aromatic carbocycles. The summed E-state index contributed by atoms with van der Waals surface area (Å²) in [6, 6.07) is 0. The van der Waals surface area contributed by atoms with E-state index in [4.69, 9.17) is 10.5 Å². The summed E-state index contributed by atoms with van der Waals surface area (Å²) in [5.41, 5.74) is 6.59. The number of hydrogen-bond donors (Lipinski definition) is 1. The van der Waals surface area contributed by atoms with Gasteiger partial charge >= 0.3 is 0 Å². The molecule has 2 atom stereocenters. The smallest absolute Gasteiger partial charge is 0.0786 e. The van der Waals surface area contributed by atoms with Gasteiger partial charge in [-0.3, -0.25) is 0 Å². The monoisotopic (exact) mass is 181 g/mol. The van der Waals surface area contributed by atoms with Crippen molar-refractivity contribution in [1.82, 2.24) is 0 Å². The number of hydrogen-bond acceptors (Lipinski definition) is 2. The van der Waals surface area contributed by atoms with Crippen LogP contribution in [0.3, 0.4) is 0 Å². The lowest BCUT2D eigenvalue weighted by atomic mass is 9.67. The van der Waals surface area contributed by atoms with Crippen molar-refractivity contribution in [2.75, 3.05) is 6.61 Å². The van der Waals surface area contributed by atoms with Gasteiger partial charge in [0.05, 0.1) is 6.10 Å². The van der Waals surface area contributed by atoms with Crippen LogP contribution in [0, 0.1) is 11.8 Å². The summed E-state index contributed by atoms with van der Waals surface area (Å²) < 4.78 is 5.82. The van der Waals surface area contributed by atoms with Crippen LogP contribution in [0.1, 0.15) is 38.5 Å². The van der Waals surface area contributed by atoms with Gasteiger partial charge in [-0.05, 0) is 43.9 Å². The summed E-state index contributed by atoms with van der Waals surface area (Å²) in [5.74, 6) is 1.59. The second kappa shape index (κ2) is 2.71. The minimum Gasteiger partial charge on any atom is -0.376 e. The van der Waals surface area contributed by atoms with Gasteiger partial charge in [0, 0.05) is 12.1 Å². The Balaban J connectivity index is 1.77. The van der Waals surface area contributed by atoms with E-state index in [1.54, 1.807) is 0 Å². The summed E-state index contributed by atoms with van der Waals surface area (Å²) in [6.45, 7) is 0.911. The third-order valence-corrected chi connectivity index (χ3v) is 4.28. The Kier molecular flexibility index (Phi) is 1.72. The fourth-order valence-corrected chi connectivity index (χ4v) is 3.02. The molecule has 0 bridgehead atoms. The highest BCUT2D eigenvalue weighted by molar-refractivity contribution is 5.08. The van der Waals surface area contributed by atoms with E-state index >= 15 is 0 Å². The minimum absolute atomic E-state index is 0.0689. The van der Waals surface area contributed by atoms with Crippen molar-refractivity contribution in [2.45, 2.75) is 50.2 Å². The van der Waals surface area contributed by atoms with Crippen LogP contribution in [0.5, 0.6) is 0 Å². The van der Waals surface area contributed by atoms with E-state index in [1.807, 2.05) is 0 Å². The van der Waals surface area contributed by atoms with Crippen molar-refractivity contribution in [3.05, 3.63) is 0 Å². The lowest BCUT2D eigenvalue weighted by Gasteiger charge is -2.43. The van der Waals surface area contributed by atoms with E-state index in [1.165, 1.54) is 32.1 Å². The zero-order valence-electron chi connectivity index (χ0n) is 8.17. The topological polar surface area (TPSA) is 35.2 Å². The maximum atomic E-state index is 6.52. The van der Waals surface area contributed by atoms with Crippen LogP contribution in [-0.4, -0.2) is 18.2 Å². The molecule has 1 saturated heterocycles. The molecule has 2 unspecified atom stereocenters. The van der Waals surface area contributed by atoms with E-state index < -0.39 is 0 Å². The van der Waals surface area contributed by atoms with Crippen molar-refractivity contribution in [3.8, 4) is 0 Å². The molecule has 13 heavy (non-hydrogen) atoms. The molecule has 0 aromatic rings. The van der Waals surface area contributed by atoms with Crippen LogP contribution < -0.4 is 5.73 Å². The van der Waals surface area contributed by atoms with Gasteiger partial charge in [0.1, 0.15) is 0 Å². The first-order chi connectivity index (χ1) is 6.31. The maximum absolute atomic E-state index is 6.52. The fraction of sp³-hybridized carbons (Fsp3) is 1.00. The molecular formula is C11H19NO. The Hall–Kier alpha value is -0.0800. The zero-order chi connectivity index (χ0) is 8.89. The molecule has 2 nitrogen and oxygen atoms in total. The molecule has 3 rings (SSSR count). The lowest BCUT2D eigenvalue weighted by Crippen LogP contribution is -2.56. The van der Waals surface area contributed by atoms with Gasteiger partial charge in [-0.15, -0.1) is 0 Å². The molecule has 2 aliphatic carbocycles. The van der Waals surface area contributed by atoms with Gasteiger partial charge in [-0.2, -0.15) is 0 Å². The zero-order valence-corrected chi connectivity index (χ0v) is 8.17. The molecule has 74 valence electrons. The summed E-state index contributed by atoms with van der Waals surface area (Å²) in [4.78, 5) is 0. The van der Waals surface area contributed by atoms with Crippen molar-refractivity contribution in [1.29, 1.82) is 0 Å². The van der Waals surface area contributed by atoms with E-state index in [2.05, 4.69) is 0 Å². The first kappa shape index (κ1) is 8.25. The minimum atomic E-state index is 0.0689. The van der Waals surface area contributed by atoms with Crippen LogP contribution in [0.15, 0.2) is 0 Å².